The van der Waals surface area contributed by atoms with Crippen molar-refractivity contribution in [3.63, 3.8) is 0 Å². The van der Waals surface area contributed by atoms with E-state index in [0.717, 1.165) is 16.1 Å². The predicted molar refractivity (Wildman–Crippen MR) is 98.5 cm³/mol. The van der Waals surface area contributed by atoms with E-state index < -0.39 is 0 Å². The fraction of sp³-hybridized carbons (Fsp3) is 0.105. The minimum Gasteiger partial charge on any atom is -0.348 e. The average Bonchev–Trinajstić information content (AvgIpc) is 3.14. The smallest absolute Gasteiger partial charge is 0.253 e. The van der Waals surface area contributed by atoms with Gasteiger partial charge in [-0.1, -0.05) is 18.2 Å². The number of nitrogens with one attached hydrogen (secondary N) is 2. The predicted octanol–water partition coefficient (Wildman–Crippen LogP) is 3.25. The number of nitrogens with zero attached hydrogens (tertiary/aromatic N) is 1. The van der Waals surface area contributed by atoms with Crippen LogP contribution in [-0.2, 0) is 17.8 Å². The Labute approximate surface area is 149 Å². The maximum Gasteiger partial charge on any atom is 0.253 e. The molecule has 0 bridgehead atoms. The third-order valence-corrected chi connectivity index (χ3v) is 4.41. The van der Waals surface area contributed by atoms with Crippen LogP contribution < -0.4 is 10.6 Å². The van der Waals surface area contributed by atoms with Gasteiger partial charge in [-0.15, -0.1) is 11.3 Å². The number of amides is 2. The second kappa shape index (κ2) is 8.21. The van der Waals surface area contributed by atoms with Crippen LogP contribution in [0.5, 0.6) is 0 Å². The molecule has 0 radical (unpaired) electrons. The van der Waals surface area contributed by atoms with Crippen molar-refractivity contribution in [3.05, 3.63) is 82.3 Å². The summed E-state index contributed by atoms with van der Waals surface area (Å²) in [6.07, 6.45) is 3.53. The molecule has 0 aliphatic heterocycles. The fourth-order valence-corrected chi connectivity index (χ4v) is 2.97. The number of thiophene rings is 1. The second-order valence-electron chi connectivity index (χ2n) is 5.43. The summed E-state index contributed by atoms with van der Waals surface area (Å²) in [5.41, 5.74) is 2.22. The van der Waals surface area contributed by atoms with Crippen molar-refractivity contribution in [2.75, 3.05) is 5.32 Å². The number of anilines is 1. The normalized spacial score (nSPS) is 10.2. The van der Waals surface area contributed by atoms with Crippen molar-refractivity contribution in [2.24, 2.45) is 0 Å². The Hall–Kier alpha value is -2.99. The van der Waals surface area contributed by atoms with Crippen LogP contribution in [0, 0.1) is 0 Å². The van der Waals surface area contributed by atoms with Crippen LogP contribution >= 0.6 is 11.3 Å². The van der Waals surface area contributed by atoms with E-state index in [1.54, 1.807) is 29.7 Å². The Morgan fingerprint density at radius 2 is 1.88 bits per heavy atom. The number of rotatable bonds is 6. The van der Waals surface area contributed by atoms with E-state index in [9.17, 15) is 9.59 Å². The Balaban J connectivity index is 1.50. The highest BCUT2D eigenvalue weighted by Gasteiger charge is 2.06. The largest absolute Gasteiger partial charge is 0.348 e. The molecule has 2 N–H and O–H groups in total. The average molecular weight is 351 g/mol. The molecule has 2 heterocycles. The molecule has 2 aromatic heterocycles. The molecular formula is C19H17N3O2S. The molecule has 1 aromatic carbocycles. The molecular weight excluding hydrogens is 334 g/mol. The van der Waals surface area contributed by atoms with Gasteiger partial charge in [-0.2, -0.15) is 0 Å². The molecule has 0 saturated carbocycles. The van der Waals surface area contributed by atoms with E-state index >= 15 is 0 Å². The van der Waals surface area contributed by atoms with Crippen molar-refractivity contribution in [2.45, 2.75) is 13.0 Å². The van der Waals surface area contributed by atoms with Gasteiger partial charge < -0.3 is 10.6 Å². The van der Waals surface area contributed by atoms with Gasteiger partial charge in [-0.3, -0.25) is 14.6 Å². The van der Waals surface area contributed by atoms with Gasteiger partial charge in [-0.05, 0) is 41.3 Å². The van der Waals surface area contributed by atoms with Gasteiger partial charge in [0.05, 0.1) is 12.0 Å². The molecule has 0 fully saturated rings. The van der Waals surface area contributed by atoms with Crippen LogP contribution in [0.1, 0.15) is 20.8 Å². The lowest BCUT2D eigenvalue weighted by Gasteiger charge is -2.07. The van der Waals surface area contributed by atoms with Crippen molar-refractivity contribution in [1.29, 1.82) is 0 Å². The minimum absolute atomic E-state index is 0.0416. The highest BCUT2D eigenvalue weighted by Crippen LogP contribution is 2.13. The van der Waals surface area contributed by atoms with Crippen LogP contribution in [0.2, 0.25) is 0 Å². The van der Waals surface area contributed by atoms with Gasteiger partial charge in [0, 0.05) is 29.5 Å². The quantitative estimate of drug-likeness (QED) is 0.716. The van der Waals surface area contributed by atoms with Gasteiger partial charge in [0.15, 0.2) is 0 Å². The number of hydrogen-bond donors (Lipinski definition) is 2. The molecule has 0 unspecified atom stereocenters. The Morgan fingerprint density at radius 1 is 1.04 bits per heavy atom. The number of aromatic nitrogens is 1. The maximum atomic E-state index is 12.0. The number of carbonyl (C=O) groups excluding carboxylic acids is 2. The zero-order chi connectivity index (χ0) is 17.5. The summed E-state index contributed by atoms with van der Waals surface area (Å²) in [4.78, 5) is 28.9. The molecule has 5 nitrogen and oxygen atoms in total. The summed E-state index contributed by atoms with van der Waals surface area (Å²) in [6.45, 7) is 0.414. The van der Waals surface area contributed by atoms with Crippen LogP contribution in [0.15, 0.2) is 66.3 Å². The SMILES string of the molecule is O=C(Cc1cccs1)Nc1ccc(CNC(=O)c2cccnc2)cc1. The molecule has 2 amide bonds. The van der Waals surface area contributed by atoms with E-state index in [0.29, 0.717) is 18.5 Å². The van der Waals surface area contributed by atoms with Gasteiger partial charge in [0.2, 0.25) is 5.91 Å². The fourth-order valence-electron chi connectivity index (χ4n) is 2.26. The monoisotopic (exact) mass is 351 g/mol. The van der Waals surface area contributed by atoms with Crippen LogP contribution in [0.25, 0.3) is 0 Å². The second-order valence-corrected chi connectivity index (χ2v) is 6.46. The first-order valence-corrected chi connectivity index (χ1v) is 8.68. The van der Waals surface area contributed by atoms with Gasteiger partial charge in [0.25, 0.3) is 5.91 Å². The van der Waals surface area contributed by atoms with E-state index in [4.69, 9.17) is 0 Å². The van der Waals surface area contributed by atoms with Gasteiger partial charge in [-0.25, -0.2) is 0 Å². The van der Waals surface area contributed by atoms with Crippen molar-refractivity contribution >= 4 is 28.8 Å². The third kappa shape index (κ3) is 4.99. The molecule has 0 saturated heterocycles. The highest BCUT2D eigenvalue weighted by molar-refractivity contribution is 7.10. The summed E-state index contributed by atoms with van der Waals surface area (Å²) in [7, 11) is 0. The summed E-state index contributed by atoms with van der Waals surface area (Å²) in [5.74, 6) is -0.207. The molecule has 0 atom stereocenters. The minimum atomic E-state index is -0.165. The lowest BCUT2D eigenvalue weighted by molar-refractivity contribution is -0.115. The van der Waals surface area contributed by atoms with Crippen LogP contribution in [0.4, 0.5) is 5.69 Å². The summed E-state index contributed by atoms with van der Waals surface area (Å²) < 4.78 is 0. The Kier molecular flexibility index (Phi) is 5.53. The Morgan fingerprint density at radius 3 is 2.56 bits per heavy atom. The third-order valence-electron chi connectivity index (χ3n) is 3.53. The Bertz CT molecular complexity index is 831. The first-order chi connectivity index (χ1) is 12.2. The number of hydrogen-bond acceptors (Lipinski definition) is 4. The molecule has 3 aromatic rings. The van der Waals surface area contributed by atoms with Crippen molar-refractivity contribution in [3.8, 4) is 0 Å². The molecule has 25 heavy (non-hydrogen) atoms. The summed E-state index contributed by atoms with van der Waals surface area (Å²) in [6, 6.07) is 14.7. The maximum absolute atomic E-state index is 12.0. The summed E-state index contributed by atoms with van der Waals surface area (Å²) in [5, 5.41) is 7.67. The molecule has 0 aliphatic rings. The molecule has 0 spiro atoms. The molecule has 3 rings (SSSR count). The zero-order valence-corrected chi connectivity index (χ0v) is 14.3. The summed E-state index contributed by atoms with van der Waals surface area (Å²) >= 11 is 1.57. The molecule has 6 heteroatoms. The van der Waals surface area contributed by atoms with Crippen molar-refractivity contribution in [1.82, 2.24) is 10.3 Å². The van der Waals surface area contributed by atoms with Gasteiger partial charge in [0.1, 0.15) is 0 Å². The zero-order valence-electron chi connectivity index (χ0n) is 13.4. The highest BCUT2D eigenvalue weighted by atomic mass is 32.1. The molecule has 0 aliphatic carbocycles. The molecule has 126 valence electrons. The standard InChI is InChI=1S/C19H17N3O2S/c23-18(11-17-4-2-10-25-17)22-16-7-5-14(6-8-16)12-21-19(24)15-3-1-9-20-13-15/h1-10,13H,11-12H2,(H,21,24)(H,22,23). The van der Waals surface area contributed by atoms with Crippen LogP contribution in [-0.4, -0.2) is 16.8 Å². The lowest BCUT2D eigenvalue weighted by Crippen LogP contribution is -2.22. The van der Waals surface area contributed by atoms with E-state index in [-0.39, 0.29) is 11.8 Å². The van der Waals surface area contributed by atoms with Gasteiger partial charge >= 0.3 is 0 Å². The van der Waals surface area contributed by atoms with Crippen LogP contribution in [0.3, 0.4) is 0 Å². The van der Waals surface area contributed by atoms with E-state index in [1.165, 1.54) is 6.20 Å². The van der Waals surface area contributed by atoms with E-state index in [2.05, 4.69) is 15.6 Å². The first kappa shape index (κ1) is 16.9. The topological polar surface area (TPSA) is 71.1 Å². The number of benzene rings is 1. The number of carbonyl (C=O) groups is 2. The van der Waals surface area contributed by atoms with E-state index in [1.807, 2.05) is 41.8 Å². The number of pyridine rings is 1. The van der Waals surface area contributed by atoms with Crippen molar-refractivity contribution < 1.29 is 9.59 Å². The lowest BCUT2D eigenvalue weighted by atomic mass is 10.2. The first-order valence-electron chi connectivity index (χ1n) is 7.80.